The average Bonchev–Trinajstić information content (AvgIpc) is 3.29. The molecule has 0 atom stereocenters. The van der Waals surface area contributed by atoms with Gasteiger partial charge in [-0.05, 0) is 42.5 Å². The van der Waals surface area contributed by atoms with Crippen LogP contribution < -0.4 is 10.1 Å². The second kappa shape index (κ2) is 8.71. The Bertz CT molecular complexity index is 1240. The molecule has 1 N–H and O–H groups in total. The van der Waals surface area contributed by atoms with Crippen LogP contribution in [0.5, 0.6) is 5.75 Å². The maximum Gasteiger partial charge on any atom is 0.234 e. The maximum absolute atomic E-state index is 12.4. The molecule has 154 valence electrons. The zero-order valence-corrected chi connectivity index (χ0v) is 19.1. The SMILES string of the molecule is COc1ccc(Cl)cc1NC(=O)CSc1nnc(-c2cc3cc(Br)ccc3o2)n1C. The molecule has 4 rings (SSSR count). The molecule has 0 fully saturated rings. The molecule has 4 aromatic rings. The van der Waals surface area contributed by atoms with E-state index in [0.717, 1.165) is 15.4 Å². The van der Waals surface area contributed by atoms with Gasteiger partial charge in [0.25, 0.3) is 0 Å². The number of anilines is 1. The second-order valence-corrected chi connectivity index (χ2v) is 8.63. The molecule has 10 heteroatoms. The Morgan fingerprint density at radius 1 is 1.27 bits per heavy atom. The van der Waals surface area contributed by atoms with Gasteiger partial charge in [-0.25, -0.2) is 0 Å². The molecule has 0 radical (unpaired) electrons. The number of halogens is 2. The van der Waals surface area contributed by atoms with Crippen molar-refractivity contribution in [3.8, 4) is 17.3 Å². The van der Waals surface area contributed by atoms with Crippen molar-refractivity contribution in [3.63, 3.8) is 0 Å². The van der Waals surface area contributed by atoms with E-state index in [0.29, 0.717) is 33.2 Å². The Morgan fingerprint density at radius 2 is 2.10 bits per heavy atom. The van der Waals surface area contributed by atoms with Gasteiger partial charge in [0.15, 0.2) is 16.7 Å². The van der Waals surface area contributed by atoms with Crippen molar-refractivity contribution < 1.29 is 13.9 Å². The van der Waals surface area contributed by atoms with E-state index in [1.165, 1.54) is 18.9 Å². The van der Waals surface area contributed by atoms with Gasteiger partial charge in [-0.3, -0.25) is 4.79 Å². The molecule has 7 nitrogen and oxygen atoms in total. The first-order valence-electron chi connectivity index (χ1n) is 8.79. The van der Waals surface area contributed by atoms with Crippen LogP contribution in [0.15, 0.2) is 56.5 Å². The summed E-state index contributed by atoms with van der Waals surface area (Å²) in [5, 5.41) is 13.3. The first-order valence-corrected chi connectivity index (χ1v) is 11.0. The third-order valence-electron chi connectivity index (χ3n) is 4.30. The number of aromatic nitrogens is 3. The summed E-state index contributed by atoms with van der Waals surface area (Å²) >= 11 is 10.7. The van der Waals surface area contributed by atoms with Crippen LogP contribution in [-0.2, 0) is 11.8 Å². The van der Waals surface area contributed by atoms with Crippen molar-refractivity contribution in [3.05, 3.63) is 52.0 Å². The number of carbonyl (C=O) groups excluding carboxylic acids is 1. The number of hydrogen-bond acceptors (Lipinski definition) is 6. The van der Waals surface area contributed by atoms with Crippen molar-refractivity contribution in [1.29, 1.82) is 0 Å². The van der Waals surface area contributed by atoms with Crippen LogP contribution in [0.2, 0.25) is 5.02 Å². The molecule has 0 unspecified atom stereocenters. The average molecular weight is 508 g/mol. The predicted octanol–water partition coefficient (Wildman–Crippen LogP) is 5.38. The lowest BCUT2D eigenvalue weighted by atomic mass is 10.2. The molecule has 2 heterocycles. The first-order chi connectivity index (χ1) is 14.4. The maximum atomic E-state index is 12.4. The number of thioether (sulfide) groups is 1. The first kappa shape index (κ1) is 20.8. The van der Waals surface area contributed by atoms with Crippen molar-refractivity contribution in [2.24, 2.45) is 7.05 Å². The largest absolute Gasteiger partial charge is 0.495 e. The van der Waals surface area contributed by atoms with E-state index in [-0.39, 0.29) is 11.7 Å². The molecule has 0 aliphatic rings. The van der Waals surface area contributed by atoms with Gasteiger partial charge in [-0.15, -0.1) is 10.2 Å². The van der Waals surface area contributed by atoms with Crippen LogP contribution in [0.1, 0.15) is 0 Å². The van der Waals surface area contributed by atoms with E-state index in [9.17, 15) is 4.79 Å². The summed E-state index contributed by atoms with van der Waals surface area (Å²) in [6, 6.07) is 12.7. The smallest absolute Gasteiger partial charge is 0.234 e. The highest BCUT2D eigenvalue weighted by Gasteiger charge is 2.17. The van der Waals surface area contributed by atoms with Gasteiger partial charge >= 0.3 is 0 Å². The number of fused-ring (bicyclic) bond motifs is 1. The number of hydrogen-bond donors (Lipinski definition) is 1. The molecular formula is C20H16BrClN4O3S. The van der Waals surface area contributed by atoms with Gasteiger partial charge in [0.05, 0.1) is 18.6 Å². The topological polar surface area (TPSA) is 82.2 Å². The summed E-state index contributed by atoms with van der Waals surface area (Å²) in [6.07, 6.45) is 0. The molecule has 0 saturated carbocycles. The second-order valence-electron chi connectivity index (χ2n) is 6.34. The normalized spacial score (nSPS) is 11.1. The fourth-order valence-electron chi connectivity index (χ4n) is 2.87. The highest BCUT2D eigenvalue weighted by atomic mass is 79.9. The third kappa shape index (κ3) is 4.33. The van der Waals surface area contributed by atoms with E-state index in [1.807, 2.05) is 31.3 Å². The lowest BCUT2D eigenvalue weighted by molar-refractivity contribution is -0.113. The Morgan fingerprint density at radius 3 is 2.90 bits per heavy atom. The summed E-state index contributed by atoms with van der Waals surface area (Å²) in [6.45, 7) is 0. The fourth-order valence-corrected chi connectivity index (χ4v) is 4.14. The minimum Gasteiger partial charge on any atom is -0.495 e. The van der Waals surface area contributed by atoms with E-state index >= 15 is 0 Å². The number of furan rings is 1. The van der Waals surface area contributed by atoms with Gasteiger partial charge in [0, 0.05) is 21.9 Å². The van der Waals surface area contributed by atoms with Crippen LogP contribution in [0.4, 0.5) is 5.69 Å². The van der Waals surface area contributed by atoms with Gasteiger partial charge in [-0.2, -0.15) is 0 Å². The Labute approximate surface area is 189 Å². The molecule has 30 heavy (non-hydrogen) atoms. The minimum absolute atomic E-state index is 0.148. The quantitative estimate of drug-likeness (QED) is 0.353. The number of benzene rings is 2. The summed E-state index contributed by atoms with van der Waals surface area (Å²) in [4.78, 5) is 12.4. The van der Waals surface area contributed by atoms with E-state index in [2.05, 4.69) is 31.4 Å². The number of methoxy groups -OCH3 is 1. The number of nitrogens with zero attached hydrogens (tertiary/aromatic N) is 3. The van der Waals surface area contributed by atoms with Crippen LogP contribution in [0.3, 0.4) is 0 Å². The molecular weight excluding hydrogens is 492 g/mol. The number of amides is 1. The van der Waals surface area contributed by atoms with Crippen molar-refractivity contribution in [2.45, 2.75) is 5.16 Å². The Balaban J connectivity index is 1.46. The zero-order valence-electron chi connectivity index (χ0n) is 16.0. The molecule has 0 saturated heterocycles. The van der Waals surface area contributed by atoms with Gasteiger partial charge in [0.1, 0.15) is 11.3 Å². The molecule has 2 aromatic carbocycles. The van der Waals surface area contributed by atoms with Gasteiger partial charge in [0.2, 0.25) is 5.91 Å². The summed E-state index contributed by atoms with van der Waals surface area (Å²) in [7, 11) is 3.37. The van der Waals surface area contributed by atoms with Crippen LogP contribution in [0, 0.1) is 0 Å². The van der Waals surface area contributed by atoms with Gasteiger partial charge < -0.3 is 19.0 Å². The standard InChI is InChI=1S/C20H16BrClN4O3S/c1-26-19(17-8-11-7-12(21)3-5-15(11)29-17)24-25-20(26)30-10-18(27)23-14-9-13(22)4-6-16(14)28-2/h3-9H,10H2,1-2H3,(H,23,27). The lowest BCUT2D eigenvalue weighted by Crippen LogP contribution is -2.15. The number of rotatable bonds is 6. The van der Waals surface area contributed by atoms with Crippen LogP contribution >= 0.6 is 39.3 Å². The van der Waals surface area contributed by atoms with E-state index in [1.54, 1.807) is 22.8 Å². The fraction of sp³-hybridized carbons (Fsp3) is 0.150. The number of carbonyl (C=O) groups is 1. The monoisotopic (exact) mass is 506 g/mol. The molecule has 2 aromatic heterocycles. The van der Waals surface area contributed by atoms with E-state index in [4.69, 9.17) is 20.8 Å². The molecule has 0 aliphatic carbocycles. The summed E-state index contributed by atoms with van der Waals surface area (Å²) in [5.41, 5.74) is 1.28. The molecule has 1 amide bonds. The van der Waals surface area contributed by atoms with Crippen molar-refractivity contribution >= 4 is 61.9 Å². The third-order valence-corrected chi connectivity index (χ3v) is 6.05. The number of nitrogens with one attached hydrogen (secondary N) is 1. The zero-order chi connectivity index (χ0) is 21.3. The highest BCUT2D eigenvalue weighted by Crippen LogP contribution is 2.31. The lowest BCUT2D eigenvalue weighted by Gasteiger charge is -2.10. The van der Waals surface area contributed by atoms with Crippen LogP contribution in [0.25, 0.3) is 22.6 Å². The highest BCUT2D eigenvalue weighted by molar-refractivity contribution is 9.10. The van der Waals surface area contributed by atoms with E-state index < -0.39 is 0 Å². The Kier molecular flexibility index (Phi) is 6.03. The minimum atomic E-state index is -0.210. The predicted molar refractivity (Wildman–Crippen MR) is 121 cm³/mol. The van der Waals surface area contributed by atoms with Crippen LogP contribution in [-0.4, -0.2) is 33.5 Å². The summed E-state index contributed by atoms with van der Waals surface area (Å²) in [5.74, 6) is 1.67. The van der Waals surface area contributed by atoms with Crippen molar-refractivity contribution in [2.75, 3.05) is 18.2 Å². The number of ether oxygens (including phenoxy) is 1. The van der Waals surface area contributed by atoms with Crippen molar-refractivity contribution in [1.82, 2.24) is 14.8 Å². The Hall–Kier alpha value is -2.49. The molecule has 0 bridgehead atoms. The summed E-state index contributed by atoms with van der Waals surface area (Å²) < 4.78 is 13.9. The van der Waals surface area contributed by atoms with Gasteiger partial charge in [-0.1, -0.05) is 39.3 Å². The molecule has 0 spiro atoms. The molecule has 0 aliphatic heterocycles.